The number of aliphatic hydroxyl groups is 1. The molecule has 1 aliphatic heterocycles. The van der Waals surface area contributed by atoms with Gasteiger partial charge in [0.2, 0.25) is 0 Å². The second-order valence-corrected chi connectivity index (χ2v) is 8.28. The van der Waals surface area contributed by atoms with Gasteiger partial charge in [-0.25, -0.2) is 4.39 Å². The molecule has 9 heteroatoms. The van der Waals surface area contributed by atoms with Gasteiger partial charge in [0, 0.05) is 16.3 Å². The minimum Gasteiger partial charge on any atom is -0.507 e. The fourth-order valence-corrected chi connectivity index (χ4v) is 4.18. The van der Waals surface area contributed by atoms with Crippen molar-refractivity contribution in [2.24, 2.45) is 0 Å². The van der Waals surface area contributed by atoms with Gasteiger partial charge in [-0.2, -0.15) is 0 Å². The van der Waals surface area contributed by atoms with Gasteiger partial charge in [0.05, 0.1) is 23.2 Å². The Morgan fingerprint density at radius 1 is 1.09 bits per heavy atom. The summed E-state index contributed by atoms with van der Waals surface area (Å²) in [5, 5.41) is 21.3. The topological polar surface area (TPSA) is 87.1 Å². The largest absolute Gasteiger partial charge is 0.507 e. The first-order chi connectivity index (χ1) is 16.2. The zero-order valence-corrected chi connectivity index (χ0v) is 19.3. The highest BCUT2D eigenvalue weighted by Crippen LogP contribution is 2.44. The van der Waals surface area contributed by atoms with Gasteiger partial charge < -0.3 is 14.9 Å². The van der Waals surface area contributed by atoms with E-state index in [4.69, 9.17) is 27.9 Å². The van der Waals surface area contributed by atoms with E-state index in [0.29, 0.717) is 10.6 Å². The summed E-state index contributed by atoms with van der Waals surface area (Å²) in [7, 11) is 0. The van der Waals surface area contributed by atoms with E-state index in [1.54, 1.807) is 25.1 Å². The number of phenols is 1. The van der Waals surface area contributed by atoms with Gasteiger partial charge in [-0.05, 0) is 55.0 Å². The first-order valence-electron chi connectivity index (χ1n) is 10.2. The van der Waals surface area contributed by atoms with Gasteiger partial charge >= 0.3 is 0 Å². The molecule has 0 aromatic heterocycles. The summed E-state index contributed by atoms with van der Waals surface area (Å²) in [5.74, 6) is -3.03. The molecule has 4 rings (SSSR count). The van der Waals surface area contributed by atoms with E-state index in [2.05, 4.69) is 0 Å². The van der Waals surface area contributed by atoms with E-state index < -0.39 is 29.3 Å². The van der Waals surface area contributed by atoms with Crippen molar-refractivity contribution in [2.45, 2.75) is 13.0 Å². The molecule has 0 aliphatic carbocycles. The van der Waals surface area contributed by atoms with Crippen molar-refractivity contribution < 1.29 is 28.9 Å². The van der Waals surface area contributed by atoms with Crippen LogP contribution >= 0.6 is 23.2 Å². The predicted molar refractivity (Wildman–Crippen MR) is 127 cm³/mol. The van der Waals surface area contributed by atoms with E-state index >= 15 is 0 Å². The molecular weight excluding hydrogens is 484 g/mol. The quantitative estimate of drug-likeness (QED) is 0.259. The molecule has 6 nitrogen and oxygen atoms in total. The van der Waals surface area contributed by atoms with E-state index in [1.807, 2.05) is 0 Å². The van der Waals surface area contributed by atoms with E-state index in [1.165, 1.54) is 36.4 Å². The average Bonchev–Trinajstić information content (AvgIpc) is 3.07. The number of aliphatic hydroxyl groups excluding tert-OH is 1. The molecule has 2 N–H and O–H groups in total. The van der Waals surface area contributed by atoms with Crippen molar-refractivity contribution in [1.82, 2.24) is 0 Å². The Labute approximate surface area is 204 Å². The molecule has 0 spiro atoms. The van der Waals surface area contributed by atoms with Crippen LogP contribution in [0.3, 0.4) is 0 Å². The maximum Gasteiger partial charge on any atom is 0.300 e. The number of phenolic OH excluding ortho intramolecular Hbond substituents is 1. The first-order valence-corrected chi connectivity index (χ1v) is 11.0. The standard InChI is InChI=1S/C25H18Cl2FNO5/c1-2-34-20-11-13(6-9-19(20)30)22-21(23(31)14-4-3-5-15(26)10-14)24(32)25(33)29(22)16-7-8-18(28)17(27)12-16/h3-12,22,30-31H,2H2,1H3/b23-21+. The summed E-state index contributed by atoms with van der Waals surface area (Å²) in [6.45, 7) is 1.99. The van der Waals surface area contributed by atoms with E-state index in [0.717, 1.165) is 11.0 Å². The molecule has 1 atom stereocenters. The number of ketones is 1. The molecule has 0 bridgehead atoms. The molecule has 1 unspecified atom stereocenters. The van der Waals surface area contributed by atoms with Gasteiger partial charge in [0.15, 0.2) is 11.5 Å². The number of aromatic hydroxyl groups is 1. The van der Waals surface area contributed by atoms with Crippen LogP contribution in [0, 0.1) is 5.82 Å². The molecule has 34 heavy (non-hydrogen) atoms. The monoisotopic (exact) mass is 501 g/mol. The van der Waals surface area contributed by atoms with Crippen molar-refractivity contribution in [1.29, 1.82) is 0 Å². The Kier molecular flexibility index (Phi) is 6.50. The van der Waals surface area contributed by atoms with E-state index in [-0.39, 0.29) is 40.0 Å². The van der Waals surface area contributed by atoms with Crippen molar-refractivity contribution in [3.8, 4) is 11.5 Å². The van der Waals surface area contributed by atoms with Crippen LogP contribution in [0.4, 0.5) is 10.1 Å². The summed E-state index contributed by atoms with van der Waals surface area (Å²) in [5.41, 5.74) is 0.538. The molecule has 1 heterocycles. The van der Waals surface area contributed by atoms with Crippen molar-refractivity contribution in [3.63, 3.8) is 0 Å². The average molecular weight is 502 g/mol. The lowest BCUT2D eigenvalue weighted by Crippen LogP contribution is -2.29. The number of anilines is 1. The highest BCUT2D eigenvalue weighted by atomic mass is 35.5. The number of ether oxygens (including phenoxy) is 1. The lowest BCUT2D eigenvalue weighted by molar-refractivity contribution is -0.132. The number of carbonyl (C=O) groups excluding carboxylic acids is 2. The number of nitrogens with zero attached hydrogens (tertiary/aromatic N) is 1. The number of halogens is 3. The molecule has 1 aliphatic rings. The Bertz CT molecular complexity index is 1340. The lowest BCUT2D eigenvalue weighted by atomic mass is 9.94. The SMILES string of the molecule is CCOc1cc(C2/C(=C(\O)c3cccc(Cl)c3)C(=O)C(=O)N2c2ccc(F)c(Cl)c2)ccc1O. The molecule has 174 valence electrons. The fraction of sp³-hybridized carbons (Fsp3) is 0.120. The molecule has 3 aromatic carbocycles. The smallest absolute Gasteiger partial charge is 0.300 e. The molecule has 3 aromatic rings. The van der Waals surface area contributed by atoms with Crippen LogP contribution in [0.2, 0.25) is 10.0 Å². The highest BCUT2D eigenvalue weighted by molar-refractivity contribution is 6.52. The predicted octanol–water partition coefficient (Wildman–Crippen LogP) is 5.86. The number of Topliss-reactive ketones (excluding diaryl/α,β-unsaturated/α-hetero) is 1. The number of hydrogen-bond acceptors (Lipinski definition) is 5. The Hall–Kier alpha value is -3.55. The minimum atomic E-state index is -1.12. The molecule has 1 saturated heterocycles. The van der Waals surface area contributed by atoms with Crippen LogP contribution in [0.25, 0.3) is 5.76 Å². The van der Waals surface area contributed by atoms with Crippen molar-refractivity contribution >= 4 is 46.3 Å². The second-order valence-electron chi connectivity index (χ2n) is 7.44. The Morgan fingerprint density at radius 2 is 1.85 bits per heavy atom. The van der Waals surface area contributed by atoms with Crippen LogP contribution in [0.5, 0.6) is 11.5 Å². The number of benzene rings is 3. The van der Waals surface area contributed by atoms with Crippen molar-refractivity contribution in [3.05, 3.63) is 93.2 Å². The number of carbonyl (C=O) groups is 2. The van der Waals surface area contributed by atoms with Crippen LogP contribution in [0.1, 0.15) is 24.1 Å². The number of hydrogen-bond donors (Lipinski definition) is 2. The summed E-state index contributed by atoms with van der Waals surface area (Å²) in [6.07, 6.45) is 0. The van der Waals surface area contributed by atoms with E-state index in [9.17, 15) is 24.2 Å². The first kappa shape index (κ1) is 23.6. The normalized spacial score (nSPS) is 17.3. The fourth-order valence-electron chi connectivity index (χ4n) is 3.81. The van der Waals surface area contributed by atoms with Gasteiger partial charge in [-0.1, -0.05) is 41.4 Å². The van der Waals surface area contributed by atoms with Crippen LogP contribution in [-0.4, -0.2) is 28.5 Å². The van der Waals surface area contributed by atoms with Crippen LogP contribution in [-0.2, 0) is 9.59 Å². The maximum absolute atomic E-state index is 13.8. The zero-order chi connectivity index (χ0) is 24.6. The maximum atomic E-state index is 13.8. The minimum absolute atomic E-state index is 0.130. The molecule has 1 amide bonds. The number of rotatable bonds is 5. The highest BCUT2D eigenvalue weighted by Gasteiger charge is 2.47. The second kappa shape index (κ2) is 9.37. The van der Waals surface area contributed by atoms with Crippen LogP contribution < -0.4 is 9.64 Å². The lowest BCUT2D eigenvalue weighted by Gasteiger charge is -2.26. The zero-order valence-electron chi connectivity index (χ0n) is 17.8. The number of amides is 1. The van der Waals surface area contributed by atoms with Gasteiger partial charge in [0.1, 0.15) is 11.6 Å². The molecule has 0 radical (unpaired) electrons. The summed E-state index contributed by atoms with van der Waals surface area (Å²) in [6, 6.07) is 13.0. The van der Waals surface area contributed by atoms with Crippen LogP contribution in [0.15, 0.2) is 66.2 Å². The van der Waals surface area contributed by atoms with Gasteiger partial charge in [-0.15, -0.1) is 0 Å². The third-order valence-electron chi connectivity index (χ3n) is 5.32. The third-order valence-corrected chi connectivity index (χ3v) is 5.85. The summed E-state index contributed by atoms with van der Waals surface area (Å²) >= 11 is 12.0. The molecular formula is C25H18Cl2FNO5. The Morgan fingerprint density at radius 3 is 2.53 bits per heavy atom. The Balaban J connectivity index is 1.98. The molecule has 1 fully saturated rings. The van der Waals surface area contributed by atoms with Gasteiger partial charge in [-0.3, -0.25) is 14.5 Å². The summed E-state index contributed by atoms with van der Waals surface area (Å²) < 4.78 is 19.3. The third kappa shape index (κ3) is 4.20. The molecule has 0 saturated carbocycles. The van der Waals surface area contributed by atoms with Gasteiger partial charge in [0.25, 0.3) is 11.7 Å². The summed E-state index contributed by atoms with van der Waals surface area (Å²) in [4.78, 5) is 27.5. The van der Waals surface area contributed by atoms with Crippen molar-refractivity contribution in [2.75, 3.05) is 11.5 Å².